The van der Waals surface area contributed by atoms with Crippen LogP contribution in [0.5, 0.6) is 6.01 Å². The van der Waals surface area contributed by atoms with Gasteiger partial charge in [-0.15, -0.1) is 0 Å². The molecule has 2 unspecified atom stereocenters. The number of halogens is 2. The molecule has 4 atom stereocenters. The third-order valence-corrected chi connectivity index (χ3v) is 9.64. The number of nitrogens with one attached hydrogen (secondary N) is 1. The van der Waals surface area contributed by atoms with E-state index in [0.29, 0.717) is 50.9 Å². The van der Waals surface area contributed by atoms with Gasteiger partial charge in [-0.25, -0.2) is 4.39 Å². The lowest BCUT2D eigenvalue weighted by Crippen LogP contribution is -2.37. The summed E-state index contributed by atoms with van der Waals surface area (Å²) in [6.45, 7) is 3.83. The molecule has 1 aromatic heterocycles. The molecule has 3 aliphatic heterocycles. The van der Waals surface area contributed by atoms with Crippen molar-refractivity contribution in [2.75, 3.05) is 37.7 Å². The Hall–Kier alpha value is -2.47. The minimum Gasteiger partial charge on any atom is -0.463 e. The van der Waals surface area contributed by atoms with Crippen LogP contribution in [0.4, 0.5) is 10.2 Å². The highest BCUT2D eigenvalue weighted by molar-refractivity contribution is 6.31. The van der Waals surface area contributed by atoms with Crippen LogP contribution < -0.4 is 15.0 Å². The number of hydrogen-bond acceptors (Lipinski definition) is 7. The van der Waals surface area contributed by atoms with Gasteiger partial charge in [-0.2, -0.15) is 15.2 Å². The SMILES string of the molecule is N#CCC1CCCN(c2nc(OC[C@@H]3CCCNC[C@H](F)C3)nc3c2COC2(CCc4c(Cl)cccc42)C3)CC1. The predicted molar refractivity (Wildman–Crippen MR) is 152 cm³/mol. The number of rotatable bonds is 5. The monoisotopic (exact) mass is 567 g/mol. The van der Waals surface area contributed by atoms with Gasteiger partial charge < -0.3 is 19.7 Å². The van der Waals surface area contributed by atoms with Crippen molar-refractivity contribution in [3.05, 3.63) is 45.6 Å². The molecule has 1 N–H and O–H groups in total. The Bertz CT molecular complexity index is 1250. The summed E-state index contributed by atoms with van der Waals surface area (Å²) in [6, 6.07) is 8.83. The van der Waals surface area contributed by atoms with Crippen LogP contribution in [0.1, 0.15) is 73.8 Å². The number of nitrogens with zero attached hydrogens (tertiary/aromatic N) is 4. The molecule has 9 heteroatoms. The smallest absolute Gasteiger partial charge is 0.318 e. The van der Waals surface area contributed by atoms with Crippen LogP contribution in [-0.4, -0.2) is 48.9 Å². The molecule has 0 saturated carbocycles. The highest BCUT2D eigenvalue weighted by Crippen LogP contribution is 2.48. The van der Waals surface area contributed by atoms with Gasteiger partial charge in [0.1, 0.15) is 12.0 Å². The molecular weight excluding hydrogens is 529 g/mol. The molecule has 1 aliphatic carbocycles. The first-order valence-corrected chi connectivity index (χ1v) is 15.3. The van der Waals surface area contributed by atoms with Crippen molar-refractivity contribution >= 4 is 17.4 Å². The first kappa shape index (κ1) is 27.7. The van der Waals surface area contributed by atoms with Crippen LogP contribution in [-0.2, 0) is 29.8 Å². The average molecular weight is 568 g/mol. The number of fused-ring (bicyclic) bond motifs is 3. The molecule has 0 bridgehead atoms. The Morgan fingerprint density at radius 2 is 2.08 bits per heavy atom. The molecule has 40 heavy (non-hydrogen) atoms. The zero-order valence-corrected chi connectivity index (χ0v) is 23.9. The molecule has 4 aliphatic rings. The lowest BCUT2D eigenvalue weighted by molar-refractivity contribution is -0.0730. The van der Waals surface area contributed by atoms with E-state index in [2.05, 4.69) is 22.4 Å². The molecule has 2 aromatic rings. The number of alkyl halides is 1. The van der Waals surface area contributed by atoms with Gasteiger partial charge in [0.25, 0.3) is 0 Å². The fraction of sp³-hybridized carbons (Fsp3) is 0.645. The van der Waals surface area contributed by atoms with E-state index in [0.717, 1.165) is 86.7 Å². The molecule has 1 aromatic carbocycles. The molecule has 1 spiro atoms. The maximum atomic E-state index is 14.4. The van der Waals surface area contributed by atoms with E-state index in [4.69, 9.17) is 31.0 Å². The summed E-state index contributed by atoms with van der Waals surface area (Å²) in [5.74, 6) is 1.45. The number of aromatic nitrogens is 2. The van der Waals surface area contributed by atoms with E-state index in [1.807, 2.05) is 12.1 Å². The highest BCUT2D eigenvalue weighted by atomic mass is 35.5. The fourth-order valence-corrected chi connectivity index (χ4v) is 7.34. The zero-order chi connectivity index (χ0) is 27.5. The second-order valence-corrected chi connectivity index (χ2v) is 12.4. The predicted octanol–water partition coefficient (Wildman–Crippen LogP) is 5.67. The summed E-state index contributed by atoms with van der Waals surface area (Å²) in [7, 11) is 0. The summed E-state index contributed by atoms with van der Waals surface area (Å²) >= 11 is 6.56. The van der Waals surface area contributed by atoms with Crippen molar-refractivity contribution in [1.82, 2.24) is 15.3 Å². The lowest BCUT2D eigenvalue weighted by atomic mass is 9.87. The number of ether oxygens (including phenoxy) is 2. The standard InChI is InChI=1S/C31H39ClFN5O2/c32-27-7-1-6-26-24(27)8-11-31(26)17-28-25(20-40-31)29(38-14-3-5-21(9-12-34)10-15-38)37-30(36-28)39-19-22-4-2-13-35-18-23(33)16-22/h1,6-7,21-23,35H,2-5,8-11,13-20H2/t21?,22-,23-,31?/m1/s1. The number of anilines is 1. The third kappa shape index (κ3) is 5.79. The second-order valence-electron chi connectivity index (χ2n) is 12.0. The van der Waals surface area contributed by atoms with Crippen LogP contribution in [0.3, 0.4) is 0 Å². The quantitative estimate of drug-likeness (QED) is 0.498. The Labute approximate surface area is 241 Å². The van der Waals surface area contributed by atoms with E-state index in [1.54, 1.807) is 0 Å². The van der Waals surface area contributed by atoms with Gasteiger partial charge in [0.15, 0.2) is 0 Å². The van der Waals surface area contributed by atoms with Gasteiger partial charge >= 0.3 is 6.01 Å². The number of benzene rings is 1. The minimum atomic E-state index is -0.862. The summed E-state index contributed by atoms with van der Waals surface area (Å²) in [5.41, 5.74) is 3.91. The van der Waals surface area contributed by atoms with Crippen molar-refractivity contribution in [2.45, 2.75) is 82.6 Å². The molecule has 2 fully saturated rings. The maximum Gasteiger partial charge on any atom is 0.318 e. The number of nitriles is 1. The van der Waals surface area contributed by atoms with Crippen LogP contribution in [0.2, 0.25) is 5.02 Å². The summed E-state index contributed by atoms with van der Waals surface area (Å²) < 4.78 is 27.3. The van der Waals surface area contributed by atoms with Crippen molar-refractivity contribution < 1.29 is 13.9 Å². The molecule has 4 heterocycles. The van der Waals surface area contributed by atoms with Crippen molar-refractivity contribution in [3.8, 4) is 12.1 Å². The highest BCUT2D eigenvalue weighted by Gasteiger charge is 2.45. The first-order chi connectivity index (χ1) is 19.5. The molecule has 2 saturated heterocycles. The van der Waals surface area contributed by atoms with E-state index < -0.39 is 11.8 Å². The van der Waals surface area contributed by atoms with Gasteiger partial charge in [0.2, 0.25) is 0 Å². The molecule has 0 amide bonds. The average Bonchev–Trinajstić information content (AvgIpc) is 3.12. The van der Waals surface area contributed by atoms with Crippen molar-refractivity contribution in [2.24, 2.45) is 11.8 Å². The largest absolute Gasteiger partial charge is 0.463 e. The van der Waals surface area contributed by atoms with E-state index in [9.17, 15) is 9.65 Å². The fourth-order valence-electron chi connectivity index (χ4n) is 7.07. The maximum absolute atomic E-state index is 14.4. The normalized spacial score (nSPS) is 28.6. The molecule has 214 valence electrons. The number of hydrogen-bond donors (Lipinski definition) is 1. The van der Waals surface area contributed by atoms with Gasteiger partial charge in [0.05, 0.1) is 30.6 Å². The topological polar surface area (TPSA) is 83.3 Å². The Balaban J connectivity index is 1.29. The minimum absolute atomic E-state index is 0.142. The molecule has 6 rings (SSSR count). The van der Waals surface area contributed by atoms with Gasteiger partial charge in [0, 0.05) is 43.1 Å². The van der Waals surface area contributed by atoms with Gasteiger partial charge in [-0.3, -0.25) is 0 Å². The lowest BCUT2D eigenvalue weighted by Gasteiger charge is -2.37. The molecule has 7 nitrogen and oxygen atoms in total. The summed E-state index contributed by atoms with van der Waals surface area (Å²) in [4.78, 5) is 12.3. The van der Waals surface area contributed by atoms with E-state index in [-0.39, 0.29) is 5.92 Å². The molecule has 0 radical (unpaired) electrons. The first-order valence-electron chi connectivity index (χ1n) is 15.0. The van der Waals surface area contributed by atoms with Crippen LogP contribution in [0, 0.1) is 23.2 Å². The summed E-state index contributed by atoms with van der Waals surface area (Å²) in [6.07, 6.45) is 7.61. The van der Waals surface area contributed by atoms with E-state index in [1.165, 1.54) is 11.1 Å². The Morgan fingerprint density at radius 3 is 2.98 bits per heavy atom. The van der Waals surface area contributed by atoms with Crippen molar-refractivity contribution in [1.29, 1.82) is 5.26 Å². The van der Waals surface area contributed by atoms with Crippen LogP contribution in [0.15, 0.2) is 18.2 Å². The second kappa shape index (κ2) is 12.2. The zero-order valence-electron chi connectivity index (χ0n) is 23.1. The van der Waals surface area contributed by atoms with Gasteiger partial charge in [-0.1, -0.05) is 23.7 Å². The van der Waals surface area contributed by atoms with Gasteiger partial charge in [-0.05, 0) is 86.9 Å². The summed E-state index contributed by atoms with van der Waals surface area (Å²) in [5, 5.41) is 13.2. The van der Waals surface area contributed by atoms with Crippen LogP contribution >= 0.6 is 11.6 Å². The van der Waals surface area contributed by atoms with Crippen molar-refractivity contribution in [3.63, 3.8) is 0 Å². The third-order valence-electron chi connectivity index (χ3n) is 9.28. The van der Waals surface area contributed by atoms with Crippen LogP contribution in [0.25, 0.3) is 0 Å². The Morgan fingerprint density at radius 1 is 1.18 bits per heavy atom. The molecular formula is C31H39ClFN5O2. The Kier molecular flexibility index (Phi) is 8.43. The van der Waals surface area contributed by atoms with E-state index >= 15 is 0 Å².